The normalized spacial score (nSPS) is 11.3. The molecule has 1 aromatic heterocycles. The van der Waals surface area contributed by atoms with Crippen molar-refractivity contribution in [2.24, 2.45) is 4.99 Å². The van der Waals surface area contributed by atoms with E-state index >= 15 is 0 Å². The van der Waals surface area contributed by atoms with Crippen molar-refractivity contribution >= 4 is 11.9 Å². The van der Waals surface area contributed by atoms with Gasteiger partial charge in [-0.2, -0.15) is 0 Å². The van der Waals surface area contributed by atoms with Gasteiger partial charge in [-0.05, 0) is 17.5 Å². The van der Waals surface area contributed by atoms with E-state index in [-0.39, 0.29) is 12.5 Å². The molecule has 0 aliphatic rings. The number of guanidine groups is 1. The predicted molar refractivity (Wildman–Crippen MR) is 125 cm³/mol. The standard InChI is InChI=1S/C24H30N6O/c1-29(2)23(31)17-27-24(25-15-14-19-10-6-4-7-11-19)30(3)18-22-26-16-21(28-22)20-12-8-5-9-13-20/h4-13,16H,14-15,17-18H2,1-3H3,(H,25,27)(H,26,28). The number of rotatable bonds is 8. The van der Waals surface area contributed by atoms with Crippen LogP contribution < -0.4 is 5.32 Å². The van der Waals surface area contributed by atoms with Crippen LogP contribution in [0.5, 0.6) is 0 Å². The minimum Gasteiger partial charge on any atom is -0.356 e. The number of amides is 1. The Kier molecular flexibility index (Phi) is 7.81. The monoisotopic (exact) mass is 418 g/mol. The molecule has 0 fully saturated rings. The summed E-state index contributed by atoms with van der Waals surface area (Å²) in [6.07, 6.45) is 2.71. The van der Waals surface area contributed by atoms with E-state index in [1.165, 1.54) is 5.56 Å². The first-order chi connectivity index (χ1) is 15.0. The number of carbonyl (C=O) groups is 1. The number of likely N-dealkylation sites (N-methyl/N-ethyl adjacent to an activating group) is 1. The summed E-state index contributed by atoms with van der Waals surface area (Å²) >= 11 is 0. The highest BCUT2D eigenvalue weighted by Gasteiger charge is 2.12. The minimum atomic E-state index is -0.0416. The number of aromatic nitrogens is 2. The summed E-state index contributed by atoms with van der Waals surface area (Å²) in [5.41, 5.74) is 3.32. The lowest BCUT2D eigenvalue weighted by Gasteiger charge is -2.22. The van der Waals surface area contributed by atoms with E-state index < -0.39 is 0 Å². The zero-order valence-corrected chi connectivity index (χ0v) is 18.4. The van der Waals surface area contributed by atoms with E-state index in [0.29, 0.717) is 12.5 Å². The van der Waals surface area contributed by atoms with Crippen LogP contribution in [0.1, 0.15) is 11.4 Å². The van der Waals surface area contributed by atoms with Crippen molar-refractivity contribution in [3.63, 3.8) is 0 Å². The van der Waals surface area contributed by atoms with Crippen LogP contribution in [0.15, 0.2) is 71.9 Å². The summed E-state index contributed by atoms with van der Waals surface area (Å²) in [7, 11) is 5.41. The number of aliphatic imine (C=N–C) groups is 1. The Labute approximate surface area is 183 Å². The van der Waals surface area contributed by atoms with Gasteiger partial charge in [-0.1, -0.05) is 60.7 Å². The Balaban J connectivity index is 1.66. The van der Waals surface area contributed by atoms with E-state index in [2.05, 4.69) is 32.4 Å². The fourth-order valence-corrected chi connectivity index (χ4v) is 3.07. The van der Waals surface area contributed by atoms with Gasteiger partial charge in [0.15, 0.2) is 5.96 Å². The highest BCUT2D eigenvalue weighted by atomic mass is 16.2. The quantitative estimate of drug-likeness (QED) is 0.436. The number of aromatic amines is 1. The molecule has 0 atom stereocenters. The molecule has 0 spiro atoms. The first-order valence-electron chi connectivity index (χ1n) is 10.4. The zero-order valence-electron chi connectivity index (χ0n) is 18.4. The molecule has 0 aliphatic heterocycles. The smallest absolute Gasteiger partial charge is 0.243 e. The summed E-state index contributed by atoms with van der Waals surface area (Å²) in [6.45, 7) is 1.36. The third kappa shape index (κ3) is 6.70. The lowest BCUT2D eigenvalue weighted by molar-refractivity contribution is -0.127. The van der Waals surface area contributed by atoms with Crippen LogP contribution in [-0.4, -0.2) is 65.9 Å². The molecule has 0 radical (unpaired) electrons. The molecule has 1 heterocycles. The highest BCUT2D eigenvalue weighted by molar-refractivity contribution is 5.84. The molecule has 0 aliphatic carbocycles. The van der Waals surface area contributed by atoms with Crippen molar-refractivity contribution in [2.75, 3.05) is 34.2 Å². The number of benzene rings is 2. The van der Waals surface area contributed by atoms with Gasteiger partial charge in [-0.15, -0.1) is 0 Å². The number of hydrogen-bond donors (Lipinski definition) is 2. The van der Waals surface area contributed by atoms with Gasteiger partial charge in [-0.25, -0.2) is 9.98 Å². The van der Waals surface area contributed by atoms with Crippen molar-refractivity contribution < 1.29 is 4.79 Å². The zero-order chi connectivity index (χ0) is 22.1. The number of hydrogen-bond acceptors (Lipinski definition) is 3. The molecule has 2 aromatic carbocycles. The van der Waals surface area contributed by atoms with E-state index in [0.717, 1.165) is 30.0 Å². The number of nitrogens with one attached hydrogen (secondary N) is 2. The molecule has 162 valence electrons. The molecule has 2 N–H and O–H groups in total. The Morgan fingerprint density at radius 3 is 2.39 bits per heavy atom. The van der Waals surface area contributed by atoms with Gasteiger partial charge in [0.1, 0.15) is 12.4 Å². The van der Waals surface area contributed by atoms with E-state index in [1.807, 2.05) is 66.7 Å². The second-order valence-corrected chi connectivity index (χ2v) is 7.56. The van der Waals surface area contributed by atoms with Gasteiger partial charge >= 0.3 is 0 Å². The number of imidazole rings is 1. The molecular formula is C24H30N6O. The lowest BCUT2D eigenvalue weighted by Crippen LogP contribution is -2.40. The van der Waals surface area contributed by atoms with Crippen LogP contribution in [-0.2, 0) is 17.8 Å². The van der Waals surface area contributed by atoms with Gasteiger partial charge in [0.05, 0.1) is 18.4 Å². The maximum absolute atomic E-state index is 12.0. The van der Waals surface area contributed by atoms with Crippen molar-refractivity contribution in [1.29, 1.82) is 0 Å². The lowest BCUT2D eigenvalue weighted by atomic mass is 10.1. The summed E-state index contributed by atoms with van der Waals surface area (Å²) in [4.78, 5) is 28.0. The molecule has 1 amide bonds. The first kappa shape index (κ1) is 22.1. The second kappa shape index (κ2) is 11.0. The molecule has 0 unspecified atom stereocenters. The van der Waals surface area contributed by atoms with Gasteiger partial charge in [0.25, 0.3) is 0 Å². The molecule has 7 nitrogen and oxygen atoms in total. The fourth-order valence-electron chi connectivity index (χ4n) is 3.07. The highest BCUT2D eigenvalue weighted by Crippen LogP contribution is 2.16. The van der Waals surface area contributed by atoms with Crippen molar-refractivity contribution in [2.45, 2.75) is 13.0 Å². The Bertz CT molecular complexity index is 982. The van der Waals surface area contributed by atoms with Crippen LogP contribution in [0.3, 0.4) is 0 Å². The third-order valence-corrected chi connectivity index (χ3v) is 4.86. The van der Waals surface area contributed by atoms with Crippen LogP contribution in [0.2, 0.25) is 0 Å². The molecule has 31 heavy (non-hydrogen) atoms. The van der Waals surface area contributed by atoms with Gasteiger partial charge in [0.2, 0.25) is 5.91 Å². The summed E-state index contributed by atoms with van der Waals surface area (Å²) in [5, 5.41) is 3.38. The van der Waals surface area contributed by atoms with Crippen LogP contribution in [0, 0.1) is 0 Å². The van der Waals surface area contributed by atoms with Crippen molar-refractivity contribution in [3.05, 3.63) is 78.2 Å². The number of nitrogens with zero attached hydrogens (tertiary/aromatic N) is 4. The largest absolute Gasteiger partial charge is 0.356 e. The first-order valence-corrected chi connectivity index (χ1v) is 10.4. The minimum absolute atomic E-state index is 0.0416. The van der Waals surface area contributed by atoms with Crippen molar-refractivity contribution in [1.82, 2.24) is 25.1 Å². The SMILES string of the molecule is CN(C)C(=O)CN=C(NCCc1ccccc1)N(C)Cc1ncc(-c2ccccc2)[nH]1. The Hall–Kier alpha value is -3.61. The topological polar surface area (TPSA) is 76.6 Å². The number of carbonyl (C=O) groups excluding carboxylic acids is 1. The fraction of sp³-hybridized carbons (Fsp3) is 0.292. The number of H-pyrrole nitrogens is 1. The molecule has 0 saturated heterocycles. The molecular weight excluding hydrogens is 388 g/mol. The van der Waals surface area contributed by atoms with Gasteiger partial charge in [0, 0.05) is 27.7 Å². The van der Waals surface area contributed by atoms with E-state index in [1.54, 1.807) is 19.0 Å². The van der Waals surface area contributed by atoms with E-state index in [4.69, 9.17) is 0 Å². The average Bonchev–Trinajstić information content (AvgIpc) is 3.25. The maximum atomic E-state index is 12.0. The average molecular weight is 419 g/mol. The molecule has 7 heteroatoms. The predicted octanol–water partition coefficient (Wildman–Crippen LogP) is 2.79. The second-order valence-electron chi connectivity index (χ2n) is 7.56. The summed E-state index contributed by atoms with van der Waals surface area (Å²) in [5.74, 6) is 1.46. The summed E-state index contributed by atoms with van der Waals surface area (Å²) < 4.78 is 0. The van der Waals surface area contributed by atoms with E-state index in [9.17, 15) is 4.79 Å². The van der Waals surface area contributed by atoms with Gasteiger partial charge < -0.3 is 20.1 Å². The van der Waals surface area contributed by atoms with Gasteiger partial charge in [-0.3, -0.25) is 4.79 Å². The molecule has 0 bridgehead atoms. The Morgan fingerprint density at radius 2 is 1.71 bits per heavy atom. The molecule has 3 rings (SSSR count). The van der Waals surface area contributed by atoms with Crippen LogP contribution >= 0.6 is 0 Å². The Morgan fingerprint density at radius 1 is 1.03 bits per heavy atom. The van der Waals surface area contributed by atoms with Crippen molar-refractivity contribution in [3.8, 4) is 11.3 Å². The maximum Gasteiger partial charge on any atom is 0.243 e. The molecule has 3 aromatic rings. The summed E-state index contributed by atoms with van der Waals surface area (Å²) in [6, 6.07) is 20.4. The third-order valence-electron chi connectivity index (χ3n) is 4.86. The van der Waals surface area contributed by atoms with Crippen LogP contribution in [0.4, 0.5) is 0 Å². The van der Waals surface area contributed by atoms with Crippen LogP contribution in [0.25, 0.3) is 11.3 Å². The molecule has 0 saturated carbocycles.